The fourth-order valence-corrected chi connectivity index (χ4v) is 10.8. The average molecular weight is 821 g/mol. The normalized spacial score (nSPS) is 21.3. The van der Waals surface area contributed by atoms with Gasteiger partial charge >= 0.3 is 6.09 Å². The van der Waals surface area contributed by atoms with Gasteiger partial charge in [-0.05, 0) is 84.7 Å². The fraction of sp³-hybridized carbons (Fsp3) is 0.347. The fourth-order valence-electron chi connectivity index (χ4n) is 9.14. The Hall–Kier alpha value is -5.49. The maximum Gasteiger partial charge on any atom is 0.411 e. The predicted molar refractivity (Wildman–Crippen MR) is 238 cm³/mol. The number of imidazole rings is 1. The second kappa shape index (κ2) is 18.0. The van der Waals surface area contributed by atoms with E-state index in [1.165, 1.54) is 0 Å². The summed E-state index contributed by atoms with van der Waals surface area (Å²) >= 11 is 1.85. The molecule has 4 aliphatic rings. The summed E-state index contributed by atoms with van der Waals surface area (Å²) in [5, 5.41) is 0.0459. The van der Waals surface area contributed by atoms with Crippen molar-refractivity contribution in [1.29, 1.82) is 0 Å². The summed E-state index contributed by atoms with van der Waals surface area (Å²) in [7, 11) is 3.92. The molecule has 308 valence electrons. The second-order valence-electron chi connectivity index (χ2n) is 16.4. The van der Waals surface area contributed by atoms with Gasteiger partial charge in [-0.2, -0.15) is 0 Å². The van der Waals surface area contributed by atoms with Gasteiger partial charge in [-0.15, -0.1) is 11.8 Å². The van der Waals surface area contributed by atoms with Gasteiger partial charge in [0.15, 0.2) is 0 Å². The molecule has 3 fully saturated rings. The molecule has 60 heavy (non-hydrogen) atoms. The number of rotatable bonds is 11. The molecule has 4 aromatic carbocycles. The number of aliphatic imine (C=N–C) groups is 1. The van der Waals surface area contributed by atoms with Gasteiger partial charge in [-0.25, -0.2) is 9.78 Å². The van der Waals surface area contributed by atoms with Crippen LogP contribution < -0.4 is 0 Å². The summed E-state index contributed by atoms with van der Waals surface area (Å²) in [4.78, 5) is 47.0. The molecule has 9 rings (SSSR count). The number of amides is 2. The minimum Gasteiger partial charge on any atom is -0.445 e. The number of benzene rings is 4. The molecule has 5 aromatic rings. The lowest BCUT2D eigenvalue weighted by atomic mass is 9.95. The van der Waals surface area contributed by atoms with Crippen LogP contribution in [0.25, 0.3) is 28.0 Å². The topological polar surface area (TPSA) is 103 Å². The van der Waals surface area contributed by atoms with Crippen molar-refractivity contribution in [2.24, 2.45) is 10.9 Å². The number of hydrogen-bond donors (Lipinski definition) is 1. The van der Waals surface area contributed by atoms with Crippen LogP contribution in [0, 0.1) is 5.92 Å². The van der Waals surface area contributed by atoms with E-state index in [9.17, 15) is 9.59 Å². The number of likely N-dealkylation sites (tertiary alicyclic amines) is 1. The number of ether oxygens (including phenoxy) is 2. The van der Waals surface area contributed by atoms with E-state index in [0.717, 1.165) is 107 Å². The predicted octanol–water partition coefficient (Wildman–Crippen LogP) is 9.40. The Kier molecular flexibility index (Phi) is 12.0. The number of aromatic amines is 1. The first-order chi connectivity index (χ1) is 29.4. The molecule has 1 unspecified atom stereocenters. The van der Waals surface area contributed by atoms with Crippen molar-refractivity contribution in [1.82, 2.24) is 24.7 Å². The number of carbonyl (C=O) groups is 2. The van der Waals surface area contributed by atoms with Gasteiger partial charge in [-0.1, -0.05) is 109 Å². The van der Waals surface area contributed by atoms with Gasteiger partial charge in [0.1, 0.15) is 18.5 Å². The van der Waals surface area contributed by atoms with E-state index in [1.54, 1.807) is 0 Å². The maximum absolute atomic E-state index is 14.0. The Labute approximate surface area is 356 Å². The molecule has 0 bridgehead atoms. The van der Waals surface area contributed by atoms with Crippen molar-refractivity contribution in [2.45, 2.75) is 62.2 Å². The molecule has 11 heteroatoms. The molecular weight excluding hydrogens is 769 g/mol. The van der Waals surface area contributed by atoms with E-state index in [2.05, 4.69) is 53.5 Å². The van der Waals surface area contributed by atoms with E-state index >= 15 is 0 Å². The largest absolute Gasteiger partial charge is 0.445 e. The smallest absolute Gasteiger partial charge is 0.411 e. The Balaban J connectivity index is 0.837. The van der Waals surface area contributed by atoms with Gasteiger partial charge in [-0.3, -0.25) is 19.6 Å². The first-order valence-corrected chi connectivity index (χ1v) is 22.2. The molecule has 10 nitrogen and oxygen atoms in total. The minimum atomic E-state index is -0.344. The van der Waals surface area contributed by atoms with Gasteiger partial charge in [0, 0.05) is 43.8 Å². The molecule has 0 radical (unpaired) electrons. The third-order valence-corrected chi connectivity index (χ3v) is 13.8. The molecule has 2 amide bonds. The van der Waals surface area contributed by atoms with Crippen molar-refractivity contribution >= 4 is 35.0 Å². The highest BCUT2D eigenvalue weighted by atomic mass is 32.2. The molecule has 4 aliphatic heterocycles. The van der Waals surface area contributed by atoms with Crippen molar-refractivity contribution in [3.05, 3.63) is 144 Å². The summed E-state index contributed by atoms with van der Waals surface area (Å²) < 4.78 is 11.6. The lowest BCUT2D eigenvalue weighted by Gasteiger charge is -2.35. The van der Waals surface area contributed by atoms with E-state index in [1.807, 2.05) is 114 Å². The van der Waals surface area contributed by atoms with Gasteiger partial charge in [0.2, 0.25) is 5.91 Å². The van der Waals surface area contributed by atoms with Crippen LogP contribution in [0.2, 0.25) is 0 Å². The summed E-state index contributed by atoms with van der Waals surface area (Å²) in [6, 6.07) is 36.5. The zero-order chi connectivity index (χ0) is 41.0. The van der Waals surface area contributed by atoms with E-state index < -0.39 is 0 Å². The lowest BCUT2D eigenvalue weighted by Crippen LogP contribution is -2.48. The van der Waals surface area contributed by atoms with Gasteiger partial charge in [0.05, 0.1) is 29.3 Å². The molecule has 0 saturated carbocycles. The summed E-state index contributed by atoms with van der Waals surface area (Å²) in [6.45, 7) is 2.43. The number of thioether (sulfide) groups is 1. The SMILES string of the molecule is CN(C)[C@@H](C(=O)N1CCC[C@H]1c1ncc(-c2ccc(-c3ccc(C4=CN=C([C@@H]5CSC(C6CCOCC6)N5C(=O)OCc5ccccc5)C4)cc3)cc2)[nH]1)c1ccccc1. The molecule has 1 N–H and O–H groups in total. The molecular formula is C49H52N6O4S. The number of allylic oxidation sites excluding steroid dienone is 1. The quantitative estimate of drug-likeness (QED) is 0.142. The Morgan fingerprint density at radius 1 is 0.850 bits per heavy atom. The van der Waals surface area contributed by atoms with Crippen LogP contribution in [0.15, 0.2) is 127 Å². The molecule has 1 aromatic heterocycles. The Bertz CT molecular complexity index is 2320. The summed E-state index contributed by atoms with van der Waals surface area (Å²) in [6.07, 6.45) is 8.00. The summed E-state index contributed by atoms with van der Waals surface area (Å²) in [5.41, 5.74) is 9.50. The van der Waals surface area contributed by atoms with Crippen molar-refractivity contribution in [2.75, 3.05) is 39.6 Å². The van der Waals surface area contributed by atoms with Crippen molar-refractivity contribution in [3.63, 3.8) is 0 Å². The van der Waals surface area contributed by atoms with Crippen molar-refractivity contribution in [3.8, 4) is 22.4 Å². The van der Waals surface area contributed by atoms with Gasteiger partial charge < -0.3 is 19.4 Å². The van der Waals surface area contributed by atoms with Gasteiger partial charge in [0.25, 0.3) is 0 Å². The van der Waals surface area contributed by atoms with Crippen LogP contribution in [0.4, 0.5) is 4.79 Å². The van der Waals surface area contributed by atoms with Crippen LogP contribution in [0.5, 0.6) is 0 Å². The number of hydrogen-bond acceptors (Lipinski definition) is 8. The van der Waals surface area contributed by atoms with Crippen LogP contribution >= 0.6 is 11.8 Å². The number of likely N-dealkylation sites (N-methyl/N-ethyl adjacent to an activating group) is 1. The maximum atomic E-state index is 14.0. The van der Waals surface area contributed by atoms with E-state index in [-0.39, 0.29) is 42.1 Å². The number of H-pyrrole nitrogens is 1. The zero-order valence-electron chi connectivity index (χ0n) is 34.3. The van der Waals surface area contributed by atoms with Crippen LogP contribution in [-0.2, 0) is 20.9 Å². The number of nitrogens with zero attached hydrogens (tertiary/aromatic N) is 5. The first kappa shape index (κ1) is 39.9. The highest BCUT2D eigenvalue weighted by Crippen LogP contribution is 2.41. The Morgan fingerprint density at radius 2 is 1.52 bits per heavy atom. The van der Waals surface area contributed by atoms with Crippen LogP contribution in [-0.4, -0.2) is 93.4 Å². The second-order valence-corrected chi connectivity index (χ2v) is 17.5. The molecule has 5 heterocycles. The number of aromatic nitrogens is 2. The average Bonchev–Trinajstić information content (AvgIpc) is 4.14. The van der Waals surface area contributed by atoms with Crippen molar-refractivity contribution < 1.29 is 19.1 Å². The monoisotopic (exact) mass is 820 g/mol. The van der Waals surface area contributed by atoms with Crippen LogP contribution in [0.1, 0.15) is 66.7 Å². The standard InChI is InChI=1S/C49H52N6O4S/c1-53(2)45(38-12-7-4-8-13-38)47(56)54-25-9-14-43(54)46-51-30-42(52-46)37-21-19-35(20-22-37)34-15-17-36(18-16-34)40-28-41(50-29-40)44-32-60-48(39-23-26-58-27-24-39)55(44)49(57)59-31-33-10-5-3-6-11-33/h3-8,10-13,15-22,29-30,39,43-45,48H,9,14,23-28,31-32H2,1-2H3,(H,51,52)/t43-,44-,45+,48?/m0/s1. The number of nitrogens with one attached hydrogen (secondary N) is 1. The molecule has 3 saturated heterocycles. The zero-order valence-corrected chi connectivity index (χ0v) is 35.1. The third-order valence-electron chi connectivity index (χ3n) is 12.4. The Morgan fingerprint density at radius 3 is 2.22 bits per heavy atom. The van der Waals surface area contributed by atoms with E-state index in [0.29, 0.717) is 12.3 Å². The highest BCUT2D eigenvalue weighted by Gasteiger charge is 2.45. The molecule has 0 spiro atoms. The lowest BCUT2D eigenvalue weighted by molar-refractivity contribution is -0.137. The molecule has 4 atom stereocenters. The highest BCUT2D eigenvalue weighted by molar-refractivity contribution is 8.00. The summed E-state index contributed by atoms with van der Waals surface area (Å²) in [5.74, 6) is 2.11. The number of carbonyl (C=O) groups excluding carboxylic acids is 2. The first-order valence-electron chi connectivity index (χ1n) is 21.1. The minimum absolute atomic E-state index is 0.0459. The molecule has 0 aliphatic carbocycles. The van der Waals surface area contributed by atoms with E-state index in [4.69, 9.17) is 19.5 Å². The third kappa shape index (κ3) is 8.44. The van der Waals surface area contributed by atoms with Crippen LogP contribution in [0.3, 0.4) is 0 Å².